The lowest BCUT2D eigenvalue weighted by Gasteiger charge is -2.05. The third-order valence-corrected chi connectivity index (χ3v) is 5.38. The average molecular weight is 363 g/mol. The van der Waals surface area contributed by atoms with Gasteiger partial charge in [-0.05, 0) is 24.3 Å². The lowest BCUT2D eigenvalue weighted by molar-refractivity contribution is 0.561. The van der Waals surface area contributed by atoms with Gasteiger partial charge in [-0.1, -0.05) is 0 Å². The fourth-order valence-electron chi connectivity index (χ4n) is 3.13. The highest BCUT2D eigenvalue weighted by atomic mass is 32.1. The van der Waals surface area contributed by atoms with Crippen LogP contribution in [0.1, 0.15) is 5.89 Å². The Morgan fingerprint density at radius 2 is 2.12 bits per heavy atom. The van der Waals surface area contributed by atoms with E-state index in [1.165, 1.54) is 15.9 Å². The maximum atomic E-state index is 13.1. The lowest BCUT2D eigenvalue weighted by Crippen LogP contribution is -2.17. The molecule has 4 heterocycles. The Morgan fingerprint density at radius 1 is 1.23 bits per heavy atom. The number of benzene rings is 1. The van der Waals surface area contributed by atoms with Gasteiger partial charge in [-0.3, -0.25) is 9.36 Å². The van der Waals surface area contributed by atoms with Crippen molar-refractivity contribution in [2.75, 3.05) is 12.4 Å². The van der Waals surface area contributed by atoms with Crippen molar-refractivity contribution in [2.45, 2.75) is 6.92 Å². The van der Waals surface area contributed by atoms with E-state index in [1.54, 1.807) is 19.4 Å². The minimum atomic E-state index is -0.125. The SMILES string of the molecule is CNc1ccnc2sc3c(=O)n(-c4ccc5oc(C)nc5c4)cnc3c12. The van der Waals surface area contributed by atoms with Crippen molar-refractivity contribution >= 4 is 48.6 Å². The maximum absolute atomic E-state index is 13.1. The molecule has 7 nitrogen and oxygen atoms in total. The Kier molecular flexibility index (Phi) is 3.10. The van der Waals surface area contributed by atoms with Gasteiger partial charge in [0.2, 0.25) is 0 Å². The molecule has 0 saturated heterocycles. The number of oxazole rings is 1. The summed E-state index contributed by atoms with van der Waals surface area (Å²) in [5.41, 5.74) is 3.55. The van der Waals surface area contributed by atoms with Crippen molar-refractivity contribution in [1.29, 1.82) is 0 Å². The normalized spacial score (nSPS) is 11.6. The third kappa shape index (κ3) is 2.05. The van der Waals surface area contributed by atoms with Crippen molar-refractivity contribution in [3.05, 3.63) is 53.0 Å². The molecular weight excluding hydrogens is 350 g/mol. The molecule has 0 aliphatic heterocycles. The zero-order valence-corrected chi connectivity index (χ0v) is 14.8. The van der Waals surface area contributed by atoms with Crippen LogP contribution in [0.2, 0.25) is 0 Å². The van der Waals surface area contributed by atoms with Crippen molar-refractivity contribution in [3.8, 4) is 5.69 Å². The largest absolute Gasteiger partial charge is 0.441 e. The van der Waals surface area contributed by atoms with E-state index in [-0.39, 0.29) is 5.56 Å². The van der Waals surface area contributed by atoms with Crippen LogP contribution in [0.4, 0.5) is 5.69 Å². The van der Waals surface area contributed by atoms with Crippen molar-refractivity contribution in [1.82, 2.24) is 19.5 Å². The first-order valence-corrected chi connectivity index (χ1v) is 8.81. The summed E-state index contributed by atoms with van der Waals surface area (Å²) in [7, 11) is 1.84. The van der Waals surface area contributed by atoms with Gasteiger partial charge in [0.25, 0.3) is 5.56 Å². The Bertz CT molecular complexity index is 1370. The van der Waals surface area contributed by atoms with Crippen LogP contribution in [0.15, 0.2) is 46.0 Å². The van der Waals surface area contributed by atoms with Crippen molar-refractivity contribution < 1.29 is 4.42 Å². The maximum Gasteiger partial charge on any atom is 0.275 e. The third-order valence-electron chi connectivity index (χ3n) is 4.31. The highest BCUT2D eigenvalue weighted by Crippen LogP contribution is 2.33. The number of nitrogens with zero attached hydrogens (tertiary/aromatic N) is 4. The van der Waals surface area contributed by atoms with Crippen LogP contribution in [-0.4, -0.2) is 26.6 Å². The summed E-state index contributed by atoms with van der Waals surface area (Å²) >= 11 is 1.35. The number of aryl methyl sites for hydroxylation is 1. The smallest absolute Gasteiger partial charge is 0.275 e. The van der Waals surface area contributed by atoms with Gasteiger partial charge in [-0.15, -0.1) is 11.3 Å². The van der Waals surface area contributed by atoms with Gasteiger partial charge in [0, 0.05) is 25.9 Å². The fraction of sp³-hybridized carbons (Fsp3) is 0.111. The molecule has 0 unspecified atom stereocenters. The highest BCUT2D eigenvalue weighted by molar-refractivity contribution is 7.25. The Morgan fingerprint density at radius 3 is 2.96 bits per heavy atom. The van der Waals surface area contributed by atoms with Gasteiger partial charge < -0.3 is 9.73 Å². The van der Waals surface area contributed by atoms with E-state index in [4.69, 9.17) is 4.42 Å². The van der Waals surface area contributed by atoms with E-state index in [2.05, 4.69) is 20.3 Å². The Labute approximate surface area is 150 Å². The molecule has 5 rings (SSSR count). The van der Waals surface area contributed by atoms with Gasteiger partial charge >= 0.3 is 0 Å². The molecule has 0 fully saturated rings. The number of hydrogen-bond donors (Lipinski definition) is 1. The quantitative estimate of drug-likeness (QED) is 0.517. The first-order chi connectivity index (χ1) is 12.7. The number of rotatable bonds is 2. The van der Waals surface area contributed by atoms with E-state index < -0.39 is 0 Å². The van der Waals surface area contributed by atoms with Gasteiger partial charge in [-0.25, -0.2) is 15.0 Å². The zero-order chi connectivity index (χ0) is 17.8. The Hall–Kier alpha value is -3.26. The fourth-order valence-corrected chi connectivity index (χ4v) is 4.18. The second-order valence-corrected chi connectivity index (χ2v) is 6.87. The van der Waals surface area contributed by atoms with E-state index in [0.717, 1.165) is 15.9 Å². The van der Waals surface area contributed by atoms with Gasteiger partial charge in [0.1, 0.15) is 21.4 Å². The summed E-state index contributed by atoms with van der Waals surface area (Å²) in [6.07, 6.45) is 3.28. The van der Waals surface area contributed by atoms with Crippen LogP contribution in [0.3, 0.4) is 0 Å². The molecular formula is C18H13N5O2S. The van der Waals surface area contributed by atoms with E-state index in [1.807, 2.05) is 31.3 Å². The molecule has 0 aliphatic carbocycles. The number of nitrogens with one attached hydrogen (secondary N) is 1. The van der Waals surface area contributed by atoms with E-state index in [9.17, 15) is 4.79 Å². The van der Waals surface area contributed by atoms with E-state index >= 15 is 0 Å². The number of pyridine rings is 1. The molecule has 5 aromatic rings. The van der Waals surface area contributed by atoms with Crippen LogP contribution < -0.4 is 10.9 Å². The molecule has 128 valence electrons. The summed E-state index contributed by atoms with van der Waals surface area (Å²) in [6.45, 7) is 1.79. The summed E-state index contributed by atoms with van der Waals surface area (Å²) < 4.78 is 7.60. The number of anilines is 1. The topological polar surface area (TPSA) is 85.8 Å². The molecule has 0 bridgehead atoms. The summed E-state index contributed by atoms with van der Waals surface area (Å²) in [4.78, 5) is 27.1. The highest BCUT2D eigenvalue weighted by Gasteiger charge is 2.16. The van der Waals surface area contributed by atoms with Crippen molar-refractivity contribution in [2.24, 2.45) is 0 Å². The molecule has 0 spiro atoms. The Balaban J connectivity index is 1.79. The zero-order valence-electron chi connectivity index (χ0n) is 14.0. The number of fused-ring (bicyclic) bond motifs is 4. The standard InChI is InChI=1S/C18H13N5O2S/c1-9-22-12-7-10(3-4-13(12)25-9)23-8-21-15-14-11(19-2)5-6-20-17(14)26-16(15)18(23)24/h3-8H,1-2H3,(H,19,20). The molecule has 0 amide bonds. The van der Waals surface area contributed by atoms with Crippen LogP contribution in [0, 0.1) is 6.92 Å². The van der Waals surface area contributed by atoms with Crippen molar-refractivity contribution in [3.63, 3.8) is 0 Å². The molecule has 26 heavy (non-hydrogen) atoms. The monoisotopic (exact) mass is 363 g/mol. The lowest BCUT2D eigenvalue weighted by atomic mass is 10.2. The molecule has 0 aliphatic rings. The number of thiophene rings is 1. The number of aromatic nitrogens is 4. The number of hydrogen-bond acceptors (Lipinski definition) is 7. The second-order valence-electron chi connectivity index (χ2n) is 5.87. The minimum Gasteiger partial charge on any atom is -0.441 e. The summed E-state index contributed by atoms with van der Waals surface area (Å²) in [5.74, 6) is 0.591. The molecule has 4 aromatic heterocycles. The van der Waals surface area contributed by atoms with Crippen LogP contribution in [0.25, 0.3) is 37.2 Å². The van der Waals surface area contributed by atoms with Crippen LogP contribution in [-0.2, 0) is 0 Å². The van der Waals surface area contributed by atoms with Crippen LogP contribution in [0.5, 0.6) is 0 Å². The van der Waals surface area contributed by atoms with Gasteiger partial charge in [0.05, 0.1) is 16.6 Å². The first kappa shape index (κ1) is 15.0. The van der Waals surface area contributed by atoms with Gasteiger partial charge in [0.15, 0.2) is 11.5 Å². The molecule has 8 heteroatoms. The second kappa shape index (κ2) is 5.37. The molecule has 0 saturated carbocycles. The molecule has 0 atom stereocenters. The van der Waals surface area contributed by atoms with E-state index in [0.29, 0.717) is 32.9 Å². The van der Waals surface area contributed by atoms with Gasteiger partial charge in [-0.2, -0.15) is 0 Å². The molecule has 1 aromatic carbocycles. The molecule has 0 radical (unpaired) electrons. The summed E-state index contributed by atoms with van der Waals surface area (Å²) in [5, 5.41) is 4.01. The predicted molar refractivity (Wildman–Crippen MR) is 102 cm³/mol. The predicted octanol–water partition coefficient (Wildman–Crippen LogP) is 3.49. The minimum absolute atomic E-state index is 0.125. The molecule has 1 N–H and O–H groups in total. The van der Waals surface area contributed by atoms with Crippen LogP contribution >= 0.6 is 11.3 Å². The average Bonchev–Trinajstić information content (AvgIpc) is 3.21. The first-order valence-electron chi connectivity index (χ1n) is 8.00. The summed E-state index contributed by atoms with van der Waals surface area (Å²) in [6, 6.07) is 7.34.